The molecular weight excluding hydrogens is 244 g/mol. The van der Waals surface area contributed by atoms with Gasteiger partial charge in [-0.2, -0.15) is 0 Å². The van der Waals surface area contributed by atoms with Crippen LogP contribution >= 0.6 is 0 Å². The Morgan fingerprint density at radius 3 is 2.68 bits per heavy atom. The second-order valence-electron chi connectivity index (χ2n) is 6.25. The van der Waals surface area contributed by atoms with Crippen LogP contribution in [0.4, 0.5) is 0 Å². The lowest BCUT2D eigenvalue weighted by atomic mass is 9.73. The SMILES string of the molecule is CC1=C2CCC(C)C3CCC(=O)OC3(C)C2OC1=O. The summed E-state index contributed by atoms with van der Waals surface area (Å²) in [5.74, 6) is 0.318. The van der Waals surface area contributed by atoms with Gasteiger partial charge in [0.15, 0.2) is 11.7 Å². The summed E-state index contributed by atoms with van der Waals surface area (Å²) in [6.45, 7) is 5.96. The van der Waals surface area contributed by atoms with Gasteiger partial charge in [0.1, 0.15) is 0 Å². The number of fused-ring (bicyclic) bond motifs is 3. The molecule has 2 aliphatic heterocycles. The van der Waals surface area contributed by atoms with Gasteiger partial charge in [-0.15, -0.1) is 0 Å². The molecule has 0 radical (unpaired) electrons. The summed E-state index contributed by atoms with van der Waals surface area (Å²) in [6.07, 6.45) is 2.82. The fourth-order valence-electron chi connectivity index (χ4n) is 3.99. The molecule has 0 amide bonds. The molecule has 4 heteroatoms. The highest BCUT2D eigenvalue weighted by Crippen LogP contribution is 2.49. The number of carbonyl (C=O) groups excluding carboxylic acids is 2. The summed E-state index contributed by atoms with van der Waals surface area (Å²) in [7, 11) is 0. The zero-order valence-corrected chi connectivity index (χ0v) is 11.7. The van der Waals surface area contributed by atoms with Gasteiger partial charge in [0.2, 0.25) is 0 Å². The van der Waals surface area contributed by atoms with E-state index in [4.69, 9.17) is 9.47 Å². The van der Waals surface area contributed by atoms with E-state index in [9.17, 15) is 9.59 Å². The summed E-state index contributed by atoms with van der Waals surface area (Å²) in [5, 5.41) is 0. The van der Waals surface area contributed by atoms with E-state index in [0.29, 0.717) is 17.9 Å². The Balaban J connectivity index is 2.06. The van der Waals surface area contributed by atoms with Gasteiger partial charge in [-0.3, -0.25) is 4.79 Å². The van der Waals surface area contributed by atoms with Crippen LogP contribution in [0.1, 0.15) is 46.5 Å². The molecule has 0 aromatic carbocycles. The minimum atomic E-state index is -0.687. The highest BCUT2D eigenvalue weighted by atomic mass is 16.6. The van der Waals surface area contributed by atoms with Gasteiger partial charge < -0.3 is 9.47 Å². The molecule has 19 heavy (non-hydrogen) atoms. The predicted octanol–water partition coefficient (Wildman–Crippen LogP) is 2.37. The second kappa shape index (κ2) is 4.09. The lowest BCUT2D eigenvalue weighted by Crippen LogP contribution is -2.54. The maximum absolute atomic E-state index is 11.8. The average Bonchev–Trinajstić information content (AvgIpc) is 2.58. The third-order valence-electron chi connectivity index (χ3n) is 5.14. The summed E-state index contributed by atoms with van der Waals surface area (Å²) in [6, 6.07) is 0. The summed E-state index contributed by atoms with van der Waals surface area (Å²) >= 11 is 0. The van der Waals surface area contributed by atoms with E-state index in [2.05, 4.69) is 6.92 Å². The smallest absolute Gasteiger partial charge is 0.334 e. The second-order valence-corrected chi connectivity index (χ2v) is 6.25. The molecule has 0 aromatic heterocycles. The van der Waals surface area contributed by atoms with Gasteiger partial charge in [-0.1, -0.05) is 6.92 Å². The Morgan fingerprint density at radius 2 is 1.95 bits per heavy atom. The molecule has 0 N–H and O–H groups in total. The lowest BCUT2D eigenvalue weighted by molar-refractivity contribution is -0.197. The summed E-state index contributed by atoms with van der Waals surface area (Å²) in [5.41, 5.74) is 1.06. The van der Waals surface area contributed by atoms with Crippen molar-refractivity contribution >= 4 is 11.9 Å². The fraction of sp³-hybridized carbons (Fsp3) is 0.733. The molecule has 4 nitrogen and oxygen atoms in total. The molecule has 0 bridgehead atoms. The van der Waals surface area contributed by atoms with Crippen LogP contribution in [0.25, 0.3) is 0 Å². The number of hydrogen-bond donors (Lipinski definition) is 0. The third-order valence-corrected chi connectivity index (χ3v) is 5.14. The molecule has 3 aliphatic rings. The topological polar surface area (TPSA) is 52.6 Å². The lowest BCUT2D eigenvalue weighted by Gasteiger charge is -2.44. The van der Waals surface area contributed by atoms with Crippen LogP contribution in [0.5, 0.6) is 0 Å². The molecule has 104 valence electrons. The first-order valence-corrected chi connectivity index (χ1v) is 7.06. The largest absolute Gasteiger partial charge is 0.455 e. The van der Waals surface area contributed by atoms with Crippen molar-refractivity contribution in [3.05, 3.63) is 11.1 Å². The van der Waals surface area contributed by atoms with Crippen molar-refractivity contribution in [3.8, 4) is 0 Å². The van der Waals surface area contributed by atoms with Crippen molar-refractivity contribution in [2.75, 3.05) is 0 Å². The Kier molecular flexibility index (Phi) is 2.73. The average molecular weight is 264 g/mol. The van der Waals surface area contributed by atoms with Crippen molar-refractivity contribution in [1.82, 2.24) is 0 Å². The van der Waals surface area contributed by atoms with Crippen LogP contribution in [-0.2, 0) is 19.1 Å². The minimum absolute atomic E-state index is 0.173. The highest BCUT2D eigenvalue weighted by Gasteiger charge is 2.56. The molecular formula is C15H20O4. The molecule has 3 rings (SSSR count). The molecule has 2 fully saturated rings. The first kappa shape index (κ1) is 12.7. The monoisotopic (exact) mass is 264 g/mol. The predicted molar refractivity (Wildman–Crippen MR) is 68.2 cm³/mol. The fourth-order valence-corrected chi connectivity index (χ4v) is 3.99. The van der Waals surface area contributed by atoms with Crippen LogP contribution in [-0.4, -0.2) is 23.6 Å². The molecule has 1 aliphatic carbocycles. The van der Waals surface area contributed by atoms with E-state index in [-0.39, 0.29) is 24.0 Å². The molecule has 1 saturated heterocycles. The zero-order valence-electron chi connectivity index (χ0n) is 11.7. The summed E-state index contributed by atoms with van der Waals surface area (Å²) in [4.78, 5) is 23.5. The van der Waals surface area contributed by atoms with Gasteiger partial charge in [0, 0.05) is 17.9 Å². The van der Waals surface area contributed by atoms with Crippen LogP contribution in [0.3, 0.4) is 0 Å². The standard InChI is InChI=1S/C15H20O4/c1-8-4-5-10-9(2)14(17)18-13(10)15(3)11(8)6-7-12(16)19-15/h8,11,13H,4-7H2,1-3H3. The molecule has 2 heterocycles. The molecule has 4 atom stereocenters. The Labute approximate surface area is 113 Å². The van der Waals surface area contributed by atoms with E-state index in [1.54, 1.807) is 0 Å². The molecule has 1 saturated carbocycles. The van der Waals surface area contributed by atoms with Crippen molar-refractivity contribution < 1.29 is 19.1 Å². The number of carbonyl (C=O) groups is 2. The maximum atomic E-state index is 11.8. The van der Waals surface area contributed by atoms with Gasteiger partial charge in [0.05, 0.1) is 0 Å². The van der Waals surface area contributed by atoms with Gasteiger partial charge in [0.25, 0.3) is 0 Å². The van der Waals surface area contributed by atoms with Crippen molar-refractivity contribution in [3.63, 3.8) is 0 Å². The van der Waals surface area contributed by atoms with E-state index in [1.807, 2.05) is 13.8 Å². The van der Waals surface area contributed by atoms with Gasteiger partial charge in [-0.05, 0) is 44.6 Å². The van der Waals surface area contributed by atoms with Crippen LogP contribution in [0.15, 0.2) is 11.1 Å². The third kappa shape index (κ3) is 1.72. The van der Waals surface area contributed by atoms with Crippen LogP contribution in [0.2, 0.25) is 0 Å². The Bertz CT molecular complexity index is 479. The molecule has 4 unspecified atom stereocenters. The number of esters is 2. The number of ether oxygens (including phenoxy) is 2. The first-order valence-electron chi connectivity index (χ1n) is 7.06. The normalized spacial score (nSPS) is 42.2. The van der Waals surface area contributed by atoms with E-state index in [0.717, 1.165) is 24.8 Å². The van der Waals surface area contributed by atoms with E-state index >= 15 is 0 Å². The van der Waals surface area contributed by atoms with Crippen LogP contribution < -0.4 is 0 Å². The zero-order chi connectivity index (χ0) is 13.8. The minimum Gasteiger partial charge on any atom is -0.455 e. The van der Waals surface area contributed by atoms with Crippen molar-refractivity contribution in [2.45, 2.75) is 58.2 Å². The number of rotatable bonds is 0. The van der Waals surface area contributed by atoms with Crippen molar-refractivity contribution in [2.24, 2.45) is 11.8 Å². The number of hydrogen-bond acceptors (Lipinski definition) is 4. The highest BCUT2D eigenvalue weighted by molar-refractivity contribution is 5.92. The quantitative estimate of drug-likeness (QED) is 0.630. The van der Waals surface area contributed by atoms with Gasteiger partial charge in [-0.25, -0.2) is 4.79 Å². The molecule has 0 spiro atoms. The molecule has 0 aromatic rings. The van der Waals surface area contributed by atoms with Gasteiger partial charge >= 0.3 is 11.9 Å². The Hall–Kier alpha value is -1.32. The van der Waals surface area contributed by atoms with E-state index < -0.39 is 5.60 Å². The maximum Gasteiger partial charge on any atom is 0.334 e. The Morgan fingerprint density at radius 1 is 1.21 bits per heavy atom. The van der Waals surface area contributed by atoms with E-state index in [1.165, 1.54) is 0 Å². The van der Waals surface area contributed by atoms with Crippen LogP contribution in [0, 0.1) is 11.8 Å². The summed E-state index contributed by atoms with van der Waals surface area (Å²) < 4.78 is 11.2. The van der Waals surface area contributed by atoms with Crippen molar-refractivity contribution in [1.29, 1.82) is 0 Å². The first-order chi connectivity index (χ1) is 8.93.